The molecule has 0 bridgehead atoms. The molecule has 0 spiro atoms. The van der Waals surface area contributed by atoms with E-state index < -0.39 is 6.10 Å². The summed E-state index contributed by atoms with van der Waals surface area (Å²) in [6.45, 7) is 4.38. The smallest absolute Gasteiger partial charge is 0.0791 e. The number of nitrogens with two attached hydrogens (primary N) is 1. The molecule has 2 unspecified atom stereocenters. The minimum atomic E-state index is -0.528. The van der Waals surface area contributed by atoms with Gasteiger partial charge in [-0.1, -0.05) is 49.9 Å². The fraction of sp³-hybridized carbons (Fsp3) is 0.571. The zero-order valence-corrected chi connectivity index (χ0v) is 12.4. The van der Waals surface area contributed by atoms with E-state index in [0.717, 1.165) is 18.4 Å². The highest BCUT2D eigenvalue weighted by Crippen LogP contribution is 2.33. The maximum atomic E-state index is 10.1. The number of aliphatic hydroxyl groups excluding tert-OH is 1. The normalized spacial score (nSPS) is 14.5. The van der Waals surface area contributed by atoms with Crippen LogP contribution in [0.5, 0.6) is 0 Å². The zero-order valence-electron chi connectivity index (χ0n) is 10.9. The van der Waals surface area contributed by atoms with E-state index in [4.69, 9.17) is 28.9 Å². The molecule has 1 aromatic rings. The van der Waals surface area contributed by atoms with Crippen molar-refractivity contribution < 1.29 is 5.11 Å². The Kier molecular flexibility index (Phi) is 6.27. The van der Waals surface area contributed by atoms with Gasteiger partial charge in [0.15, 0.2) is 0 Å². The van der Waals surface area contributed by atoms with E-state index in [9.17, 15) is 5.11 Å². The van der Waals surface area contributed by atoms with E-state index in [1.807, 2.05) is 0 Å². The quantitative estimate of drug-likeness (QED) is 0.737. The molecule has 0 aromatic heterocycles. The van der Waals surface area contributed by atoms with Gasteiger partial charge in [0, 0.05) is 0 Å². The number of halogens is 2. The van der Waals surface area contributed by atoms with Gasteiger partial charge >= 0.3 is 0 Å². The fourth-order valence-electron chi connectivity index (χ4n) is 2.04. The molecule has 0 saturated carbocycles. The van der Waals surface area contributed by atoms with Crippen LogP contribution in [-0.2, 0) is 0 Å². The van der Waals surface area contributed by atoms with Crippen molar-refractivity contribution in [3.8, 4) is 0 Å². The Morgan fingerprint density at radius 3 is 2.22 bits per heavy atom. The van der Waals surface area contributed by atoms with Crippen molar-refractivity contribution in [3.05, 3.63) is 27.7 Å². The first-order valence-corrected chi connectivity index (χ1v) is 7.13. The number of hydrogen-bond acceptors (Lipinski definition) is 2. The minimum absolute atomic E-state index is 0.369. The van der Waals surface area contributed by atoms with E-state index in [2.05, 4.69) is 13.8 Å². The summed E-state index contributed by atoms with van der Waals surface area (Å²) in [6, 6.07) is 3.38. The largest absolute Gasteiger partial charge is 0.396 e. The van der Waals surface area contributed by atoms with Gasteiger partial charge in [0.25, 0.3) is 0 Å². The number of rotatable bonds is 6. The Balaban J connectivity index is 2.64. The van der Waals surface area contributed by atoms with Gasteiger partial charge in [-0.2, -0.15) is 0 Å². The zero-order chi connectivity index (χ0) is 13.7. The Morgan fingerprint density at radius 2 is 1.72 bits per heavy atom. The maximum Gasteiger partial charge on any atom is 0.0791 e. The van der Waals surface area contributed by atoms with E-state index in [1.165, 1.54) is 12.8 Å². The Hall–Kier alpha value is -0.440. The molecule has 1 aromatic carbocycles. The third-order valence-electron chi connectivity index (χ3n) is 3.20. The van der Waals surface area contributed by atoms with Crippen molar-refractivity contribution in [1.82, 2.24) is 0 Å². The van der Waals surface area contributed by atoms with E-state index >= 15 is 0 Å². The number of anilines is 1. The monoisotopic (exact) mass is 289 g/mol. The molecular weight excluding hydrogens is 269 g/mol. The van der Waals surface area contributed by atoms with Crippen molar-refractivity contribution in [1.29, 1.82) is 0 Å². The Morgan fingerprint density at radius 1 is 1.17 bits per heavy atom. The predicted octanol–water partition coefficient (Wildman–Crippen LogP) is 4.83. The van der Waals surface area contributed by atoms with E-state index in [-0.39, 0.29) is 0 Å². The van der Waals surface area contributed by atoms with Crippen LogP contribution in [0.25, 0.3) is 0 Å². The fourth-order valence-corrected chi connectivity index (χ4v) is 2.55. The highest BCUT2D eigenvalue weighted by molar-refractivity contribution is 6.38. The van der Waals surface area contributed by atoms with Gasteiger partial charge < -0.3 is 10.8 Å². The van der Waals surface area contributed by atoms with Gasteiger partial charge in [-0.15, -0.1) is 0 Å². The number of hydrogen-bond donors (Lipinski definition) is 2. The molecule has 0 fully saturated rings. The molecule has 1 rings (SSSR count). The van der Waals surface area contributed by atoms with Crippen molar-refractivity contribution >= 4 is 28.9 Å². The first-order chi connectivity index (χ1) is 8.45. The molecule has 18 heavy (non-hydrogen) atoms. The average molecular weight is 290 g/mol. The van der Waals surface area contributed by atoms with Gasteiger partial charge in [0.05, 0.1) is 21.8 Å². The molecule has 0 saturated heterocycles. The highest BCUT2D eigenvalue weighted by Gasteiger charge is 2.13. The van der Waals surface area contributed by atoms with Crippen LogP contribution in [0, 0.1) is 5.92 Å². The SMILES string of the molecule is CCCC(C)CCC(O)c1cc(Cl)c(N)c(Cl)c1. The third-order valence-corrected chi connectivity index (χ3v) is 3.83. The molecule has 2 nitrogen and oxygen atoms in total. The van der Waals surface area contributed by atoms with Gasteiger partial charge in [-0.05, 0) is 36.5 Å². The lowest BCUT2D eigenvalue weighted by Crippen LogP contribution is -2.03. The van der Waals surface area contributed by atoms with E-state index in [1.54, 1.807) is 12.1 Å². The minimum Gasteiger partial charge on any atom is -0.396 e. The number of nitrogen functional groups attached to an aromatic ring is 1. The molecule has 4 heteroatoms. The molecule has 3 N–H and O–H groups in total. The summed E-state index contributed by atoms with van der Waals surface area (Å²) in [4.78, 5) is 0. The van der Waals surface area contributed by atoms with Crippen LogP contribution in [0.1, 0.15) is 51.2 Å². The van der Waals surface area contributed by atoms with Crippen LogP contribution in [-0.4, -0.2) is 5.11 Å². The Labute approximate surface area is 119 Å². The second-order valence-electron chi connectivity index (χ2n) is 4.89. The van der Waals surface area contributed by atoms with Crippen molar-refractivity contribution in [2.24, 2.45) is 5.92 Å². The van der Waals surface area contributed by atoms with Crippen LogP contribution >= 0.6 is 23.2 Å². The summed E-state index contributed by atoms with van der Waals surface area (Å²) in [6.07, 6.45) is 3.55. The van der Waals surface area contributed by atoms with Gasteiger partial charge in [0.1, 0.15) is 0 Å². The average Bonchev–Trinajstić information content (AvgIpc) is 2.32. The second-order valence-corrected chi connectivity index (χ2v) is 5.70. The lowest BCUT2D eigenvalue weighted by molar-refractivity contribution is 0.157. The van der Waals surface area contributed by atoms with Crippen molar-refractivity contribution in [3.63, 3.8) is 0 Å². The van der Waals surface area contributed by atoms with Crippen LogP contribution in [0.2, 0.25) is 10.0 Å². The lowest BCUT2D eigenvalue weighted by atomic mass is 9.95. The third kappa shape index (κ3) is 4.34. The molecular formula is C14H21Cl2NO. The standard InChI is InChI=1S/C14H21Cl2NO/c1-3-4-9(2)5-6-13(18)10-7-11(15)14(17)12(16)8-10/h7-9,13,18H,3-6,17H2,1-2H3. The van der Waals surface area contributed by atoms with E-state index in [0.29, 0.717) is 21.7 Å². The molecule has 102 valence electrons. The molecule has 2 atom stereocenters. The van der Waals surface area contributed by atoms with Crippen LogP contribution in [0.3, 0.4) is 0 Å². The molecule has 0 amide bonds. The topological polar surface area (TPSA) is 46.2 Å². The molecule has 0 heterocycles. The summed E-state index contributed by atoms with van der Waals surface area (Å²) >= 11 is 11.9. The molecule has 0 aliphatic heterocycles. The molecule has 0 radical (unpaired) electrons. The number of benzene rings is 1. The molecule has 0 aliphatic rings. The van der Waals surface area contributed by atoms with Crippen LogP contribution < -0.4 is 5.73 Å². The Bertz CT molecular complexity index is 372. The van der Waals surface area contributed by atoms with Crippen molar-refractivity contribution in [2.75, 3.05) is 5.73 Å². The highest BCUT2D eigenvalue weighted by atomic mass is 35.5. The summed E-state index contributed by atoms with van der Waals surface area (Å²) in [5.74, 6) is 0.629. The maximum absolute atomic E-state index is 10.1. The first kappa shape index (κ1) is 15.6. The number of aliphatic hydroxyl groups is 1. The van der Waals surface area contributed by atoms with Crippen LogP contribution in [0.4, 0.5) is 5.69 Å². The van der Waals surface area contributed by atoms with Gasteiger partial charge in [0.2, 0.25) is 0 Å². The first-order valence-electron chi connectivity index (χ1n) is 6.38. The lowest BCUT2D eigenvalue weighted by Gasteiger charge is -2.16. The van der Waals surface area contributed by atoms with Crippen LogP contribution in [0.15, 0.2) is 12.1 Å². The molecule has 0 aliphatic carbocycles. The summed E-state index contributed by atoms with van der Waals surface area (Å²) < 4.78 is 0. The second kappa shape index (κ2) is 7.22. The summed E-state index contributed by atoms with van der Waals surface area (Å²) in [5.41, 5.74) is 6.78. The van der Waals surface area contributed by atoms with Gasteiger partial charge in [-0.3, -0.25) is 0 Å². The van der Waals surface area contributed by atoms with Crippen molar-refractivity contribution in [2.45, 2.75) is 45.6 Å². The predicted molar refractivity (Wildman–Crippen MR) is 79.1 cm³/mol. The summed E-state index contributed by atoms with van der Waals surface area (Å²) in [5, 5.41) is 10.9. The van der Waals surface area contributed by atoms with Gasteiger partial charge in [-0.25, -0.2) is 0 Å². The summed E-state index contributed by atoms with van der Waals surface area (Å²) in [7, 11) is 0.